The maximum atomic E-state index is 13.6. The number of aromatic nitrogens is 2. The predicted molar refractivity (Wildman–Crippen MR) is 56.6 cm³/mol. The molecular formula is C10H12F2N2O4. The van der Waals surface area contributed by atoms with Crippen LogP contribution >= 0.6 is 0 Å². The van der Waals surface area contributed by atoms with Crippen molar-refractivity contribution in [2.75, 3.05) is 6.61 Å². The lowest BCUT2D eigenvalue weighted by atomic mass is 10.2. The van der Waals surface area contributed by atoms with E-state index in [2.05, 4.69) is 0 Å². The zero-order valence-corrected chi connectivity index (χ0v) is 9.52. The largest absolute Gasteiger partial charge is 0.390 e. The van der Waals surface area contributed by atoms with Gasteiger partial charge in [-0.2, -0.15) is 0 Å². The van der Waals surface area contributed by atoms with E-state index in [9.17, 15) is 18.4 Å². The first kappa shape index (κ1) is 12.9. The number of aromatic amines is 1. The van der Waals surface area contributed by atoms with E-state index in [1.54, 1.807) is 0 Å². The highest BCUT2D eigenvalue weighted by molar-refractivity contribution is 5.02. The first-order valence-electron chi connectivity index (χ1n) is 5.31. The molecular weight excluding hydrogens is 250 g/mol. The average molecular weight is 262 g/mol. The van der Waals surface area contributed by atoms with Gasteiger partial charge in [0.05, 0.1) is 0 Å². The van der Waals surface area contributed by atoms with Crippen LogP contribution in [0.15, 0.2) is 15.8 Å². The third-order valence-electron chi connectivity index (χ3n) is 2.88. The molecule has 0 radical (unpaired) electrons. The highest BCUT2D eigenvalue weighted by atomic mass is 19.2. The first-order chi connectivity index (χ1) is 8.37. The lowest BCUT2D eigenvalue weighted by Gasteiger charge is -2.19. The second-order valence-electron chi connectivity index (χ2n) is 4.20. The fraction of sp³-hybridized carbons (Fsp3) is 0.600. The minimum Gasteiger partial charge on any atom is -0.390 e. The summed E-state index contributed by atoms with van der Waals surface area (Å²) in [6, 6.07) is 0. The summed E-state index contributed by atoms with van der Waals surface area (Å²) in [7, 11) is 0. The number of nitrogens with zero attached hydrogens (tertiary/aromatic N) is 1. The van der Waals surface area contributed by atoms with Crippen molar-refractivity contribution in [1.82, 2.24) is 9.55 Å². The number of rotatable bonds is 2. The maximum absolute atomic E-state index is 13.6. The topological polar surface area (TPSA) is 84.3 Å². The Labute approximate surface area is 99.8 Å². The molecule has 0 spiro atoms. The molecule has 2 heterocycles. The molecule has 1 saturated heterocycles. The number of H-pyrrole nitrogens is 1. The van der Waals surface area contributed by atoms with Crippen molar-refractivity contribution >= 4 is 0 Å². The van der Waals surface area contributed by atoms with E-state index in [4.69, 9.17) is 9.84 Å². The van der Waals surface area contributed by atoms with Crippen LogP contribution < -0.4 is 11.2 Å². The van der Waals surface area contributed by atoms with Gasteiger partial charge in [-0.3, -0.25) is 14.3 Å². The first-order valence-corrected chi connectivity index (χ1v) is 5.31. The van der Waals surface area contributed by atoms with E-state index in [1.165, 1.54) is 13.1 Å². The van der Waals surface area contributed by atoms with Gasteiger partial charge in [0.25, 0.3) is 11.4 Å². The highest BCUT2D eigenvalue weighted by Gasteiger charge is 2.50. The molecule has 1 aromatic heterocycles. The molecule has 0 aromatic carbocycles. The van der Waals surface area contributed by atoms with Crippen molar-refractivity contribution in [2.24, 2.45) is 0 Å². The highest BCUT2D eigenvalue weighted by Crippen LogP contribution is 2.38. The summed E-state index contributed by atoms with van der Waals surface area (Å²) >= 11 is 0. The fourth-order valence-corrected chi connectivity index (χ4v) is 1.81. The van der Waals surface area contributed by atoms with Gasteiger partial charge >= 0.3 is 5.69 Å². The van der Waals surface area contributed by atoms with Crippen LogP contribution in [0.5, 0.6) is 0 Å². The number of ether oxygens (including phenoxy) is 1. The summed E-state index contributed by atoms with van der Waals surface area (Å²) in [6.07, 6.45) is -2.48. The van der Waals surface area contributed by atoms with E-state index in [1.807, 2.05) is 4.98 Å². The van der Waals surface area contributed by atoms with E-state index in [-0.39, 0.29) is 5.56 Å². The van der Waals surface area contributed by atoms with E-state index in [0.717, 1.165) is 4.57 Å². The second kappa shape index (κ2) is 4.29. The Kier molecular flexibility index (Phi) is 3.07. The van der Waals surface area contributed by atoms with Crippen molar-refractivity contribution in [1.29, 1.82) is 0 Å². The van der Waals surface area contributed by atoms with Crippen LogP contribution in [0.2, 0.25) is 0 Å². The number of hydrogen-bond acceptors (Lipinski definition) is 4. The molecule has 100 valence electrons. The Bertz CT molecular complexity index is 570. The number of halogens is 2. The van der Waals surface area contributed by atoms with Crippen LogP contribution in [0.1, 0.15) is 18.2 Å². The zero-order chi connectivity index (χ0) is 13.5. The molecule has 0 aliphatic carbocycles. The molecule has 2 rings (SSSR count). The van der Waals surface area contributed by atoms with Gasteiger partial charge < -0.3 is 9.84 Å². The number of aliphatic hydroxyl groups is 1. The van der Waals surface area contributed by atoms with Crippen molar-refractivity contribution in [3.8, 4) is 0 Å². The number of nitrogens with one attached hydrogen (secondary N) is 1. The number of aryl methyl sites for hydroxylation is 1. The van der Waals surface area contributed by atoms with Gasteiger partial charge in [-0.1, -0.05) is 0 Å². The minimum absolute atomic E-state index is 0.217. The standard InChI is InChI=1S/C10H12F2N2O4/c1-5-3-14(9(17)13-8(5)16)7-2-6(11)10(12,4-15)18-7/h3,6-7,15H,2,4H2,1H3,(H,13,16,17)/t6-,7+,10+/m0/s1. The molecule has 0 saturated carbocycles. The summed E-state index contributed by atoms with van der Waals surface area (Å²) in [5, 5.41) is 8.74. The molecule has 0 amide bonds. The molecule has 3 atom stereocenters. The van der Waals surface area contributed by atoms with E-state index in [0.29, 0.717) is 0 Å². The van der Waals surface area contributed by atoms with Crippen LogP contribution in [-0.2, 0) is 4.74 Å². The molecule has 0 unspecified atom stereocenters. The third kappa shape index (κ3) is 1.97. The SMILES string of the molecule is Cc1cn([C@H]2C[C@H](F)[C@@](F)(CO)O2)c(=O)[nH]c1=O. The van der Waals surface area contributed by atoms with Gasteiger partial charge in [-0.15, -0.1) is 0 Å². The Morgan fingerprint density at radius 3 is 2.89 bits per heavy atom. The van der Waals surface area contributed by atoms with Crippen molar-refractivity contribution in [2.45, 2.75) is 31.6 Å². The molecule has 8 heteroatoms. The molecule has 0 bridgehead atoms. The Balaban J connectivity index is 2.38. The minimum atomic E-state index is -2.81. The molecule has 6 nitrogen and oxygen atoms in total. The molecule has 18 heavy (non-hydrogen) atoms. The predicted octanol–water partition coefficient (Wildman–Crippen LogP) is -0.240. The summed E-state index contributed by atoms with van der Waals surface area (Å²) in [4.78, 5) is 24.7. The van der Waals surface area contributed by atoms with Crippen molar-refractivity contribution in [3.05, 3.63) is 32.6 Å². The normalized spacial score (nSPS) is 31.8. The quantitative estimate of drug-likeness (QED) is 0.770. The zero-order valence-electron chi connectivity index (χ0n) is 9.52. The monoisotopic (exact) mass is 262 g/mol. The molecule has 2 N–H and O–H groups in total. The van der Waals surface area contributed by atoms with Gasteiger partial charge in [-0.25, -0.2) is 13.6 Å². The number of hydrogen-bond donors (Lipinski definition) is 2. The molecule has 1 aromatic rings. The summed E-state index contributed by atoms with van der Waals surface area (Å²) in [5.41, 5.74) is -1.17. The number of alkyl halides is 2. The van der Waals surface area contributed by atoms with E-state index >= 15 is 0 Å². The van der Waals surface area contributed by atoms with Gasteiger partial charge in [0.15, 0.2) is 6.17 Å². The lowest BCUT2D eigenvalue weighted by Crippen LogP contribution is -2.37. The maximum Gasteiger partial charge on any atom is 0.330 e. The van der Waals surface area contributed by atoms with E-state index < -0.39 is 42.5 Å². The average Bonchev–Trinajstić information content (AvgIpc) is 2.61. The van der Waals surface area contributed by atoms with Gasteiger partial charge in [0, 0.05) is 18.2 Å². The van der Waals surface area contributed by atoms with Gasteiger partial charge in [0.1, 0.15) is 12.8 Å². The molecule has 1 fully saturated rings. The Morgan fingerprint density at radius 1 is 1.67 bits per heavy atom. The van der Waals surface area contributed by atoms with Crippen LogP contribution in [0.4, 0.5) is 8.78 Å². The fourth-order valence-electron chi connectivity index (χ4n) is 1.81. The smallest absolute Gasteiger partial charge is 0.330 e. The van der Waals surface area contributed by atoms with Crippen LogP contribution in [-0.4, -0.2) is 33.3 Å². The van der Waals surface area contributed by atoms with Crippen LogP contribution in [0.3, 0.4) is 0 Å². The summed E-state index contributed by atoms with van der Waals surface area (Å²) in [6.45, 7) is 0.313. The number of aliphatic hydroxyl groups excluding tert-OH is 1. The van der Waals surface area contributed by atoms with Crippen LogP contribution in [0, 0.1) is 6.92 Å². The summed E-state index contributed by atoms with van der Waals surface area (Å²) in [5.74, 6) is -2.81. The molecule has 1 aliphatic rings. The Morgan fingerprint density at radius 2 is 2.33 bits per heavy atom. The van der Waals surface area contributed by atoms with Crippen LogP contribution in [0.25, 0.3) is 0 Å². The Hall–Kier alpha value is -1.54. The summed E-state index contributed by atoms with van der Waals surface area (Å²) < 4.78 is 32.6. The van der Waals surface area contributed by atoms with Gasteiger partial charge in [-0.05, 0) is 6.92 Å². The lowest BCUT2D eigenvalue weighted by molar-refractivity contribution is -0.196. The molecule has 1 aliphatic heterocycles. The van der Waals surface area contributed by atoms with Crippen molar-refractivity contribution < 1.29 is 18.6 Å². The third-order valence-corrected chi connectivity index (χ3v) is 2.88. The second-order valence-corrected chi connectivity index (χ2v) is 4.20. The van der Waals surface area contributed by atoms with Gasteiger partial charge in [0.2, 0.25) is 0 Å². The van der Waals surface area contributed by atoms with Crippen molar-refractivity contribution in [3.63, 3.8) is 0 Å².